The highest BCUT2D eigenvalue weighted by atomic mass is 16.5. The van der Waals surface area contributed by atoms with Crippen LogP contribution in [0.15, 0.2) is 34.9 Å². The molecule has 8 nitrogen and oxygen atoms in total. The molecule has 0 aliphatic rings. The third-order valence-electron chi connectivity index (χ3n) is 3.78. The van der Waals surface area contributed by atoms with Gasteiger partial charge in [-0.2, -0.15) is 0 Å². The third kappa shape index (κ3) is 6.10. The summed E-state index contributed by atoms with van der Waals surface area (Å²) in [5.41, 5.74) is 0.404. The molecule has 0 radical (unpaired) electrons. The average Bonchev–Trinajstić information content (AvgIpc) is 3.08. The van der Waals surface area contributed by atoms with Crippen molar-refractivity contribution in [3.63, 3.8) is 0 Å². The molecule has 0 aliphatic carbocycles. The Morgan fingerprint density at radius 2 is 2.07 bits per heavy atom. The van der Waals surface area contributed by atoms with E-state index in [-0.39, 0.29) is 18.4 Å². The van der Waals surface area contributed by atoms with Gasteiger partial charge in [0.25, 0.3) is 5.91 Å². The van der Waals surface area contributed by atoms with Crippen LogP contribution in [0.1, 0.15) is 29.5 Å². The summed E-state index contributed by atoms with van der Waals surface area (Å²) in [5, 5.41) is 6.36. The van der Waals surface area contributed by atoms with E-state index >= 15 is 0 Å². The van der Waals surface area contributed by atoms with Crippen LogP contribution in [0.4, 0.5) is 5.82 Å². The van der Waals surface area contributed by atoms with Crippen LogP contribution < -0.4 is 10.1 Å². The van der Waals surface area contributed by atoms with Crippen molar-refractivity contribution in [1.29, 1.82) is 0 Å². The highest BCUT2D eigenvalue weighted by molar-refractivity contribution is 6.00. The van der Waals surface area contributed by atoms with Crippen LogP contribution in [0.5, 0.6) is 5.75 Å². The van der Waals surface area contributed by atoms with Crippen molar-refractivity contribution in [3.05, 3.63) is 41.7 Å². The summed E-state index contributed by atoms with van der Waals surface area (Å²) < 4.78 is 15.5. The van der Waals surface area contributed by atoms with E-state index in [9.17, 15) is 9.59 Å². The molecule has 1 N–H and O–H groups in total. The number of nitrogens with zero attached hydrogens (tertiary/aromatic N) is 2. The number of hydrogen-bond donors (Lipinski definition) is 1. The summed E-state index contributed by atoms with van der Waals surface area (Å²) in [6, 6.07) is 8.54. The van der Waals surface area contributed by atoms with Gasteiger partial charge in [-0.1, -0.05) is 17.3 Å². The number of nitrogens with one attached hydrogen (secondary N) is 1. The number of carbonyl (C=O) groups is 2. The average molecular weight is 375 g/mol. The third-order valence-corrected chi connectivity index (χ3v) is 3.78. The fourth-order valence-corrected chi connectivity index (χ4v) is 2.53. The van der Waals surface area contributed by atoms with E-state index in [0.717, 1.165) is 0 Å². The molecule has 1 heterocycles. The van der Waals surface area contributed by atoms with Gasteiger partial charge in [0.1, 0.15) is 18.1 Å². The first kappa shape index (κ1) is 20.4. The van der Waals surface area contributed by atoms with E-state index in [1.807, 2.05) is 6.92 Å². The quantitative estimate of drug-likeness (QED) is 0.641. The summed E-state index contributed by atoms with van der Waals surface area (Å²) in [6.45, 7) is 5.01. The molecule has 2 aromatic rings. The zero-order valence-electron chi connectivity index (χ0n) is 15.9. The second kappa shape index (κ2) is 10.3. The second-order valence-corrected chi connectivity index (χ2v) is 5.85. The Labute approximate surface area is 158 Å². The van der Waals surface area contributed by atoms with Crippen LogP contribution in [0.2, 0.25) is 0 Å². The van der Waals surface area contributed by atoms with E-state index < -0.39 is 0 Å². The molecule has 146 valence electrons. The summed E-state index contributed by atoms with van der Waals surface area (Å²) in [4.78, 5) is 26.8. The van der Waals surface area contributed by atoms with Crippen LogP contribution >= 0.6 is 0 Å². The minimum absolute atomic E-state index is 0.116. The molecule has 1 aromatic carbocycles. The van der Waals surface area contributed by atoms with Crippen molar-refractivity contribution >= 4 is 17.6 Å². The van der Waals surface area contributed by atoms with Gasteiger partial charge in [0, 0.05) is 25.8 Å². The molecule has 0 aliphatic heterocycles. The van der Waals surface area contributed by atoms with Crippen LogP contribution in [-0.4, -0.2) is 55.3 Å². The topological polar surface area (TPSA) is 93.9 Å². The predicted octanol–water partition coefficient (Wildman–Crippen LogP) is 2.50. The van der Waals surface area contributed by atoms with E-state index in [1.165, 1.54) is 12.0 Å². The lowest BCUT2D eigenvalue weighted by Crippen LogP contribution is -2.39. The molecule has 0 fully saturated rings. The first-order valence-electron chi connectivity index (χ1n) is 8.78. The van der Waals surface area contributed by atoms with Gasteiger partial charge < -0.3 is 24.2 Å². The Morgan fingerprint density at radius 3 is 2.74 bits per heavy atom. The number of hydrogen-bond acceptors (Lipinski definition) is 6. The maximum absolute atomic E-state index is 13.0. The predicted molar refractivity (Wildman–Crippen MR) is 99.9 cm³/mol. The van der Waals surface area contributed by atoms with Crippen molar-refractivity contribution in [2.75, 3.05) is 38.7 Å². The Kier molecular flexibility index (Phi) is 7.81. The number of benzene rings is 1. The number of aryl methyl sites for hydroxylation is 1. The number of para-hydroxylation sites is 1. The molecular weight excluding hydrogens is 350 g/mol. The molecule has 2 amide bonds. The van der Waals surface area contributed by atoms with Crippen LogP contribution in [0, 0.1) is 6.92 Å². The van der Waals surface area contributed by atoms with Crippen molar-refractivity contribution in [3.8, 4) is 5.75 Å². The van der Waals surface area contributed by atoms with Gasteiger partial charge in [0.15, 0.2) is 5.82 Å². The molecule has 0 unspecified atom stereocenters. The smallest absolute Gasteiger partial charge is 0.258 e. The Hall–Kier alpha value is -2.87. The number of carbonyl (C=O) groups excluding carboxylic acids is 2. The largest absolute Gasteiger partial charge is 0.496 e. The number of amides is 2. The Bertz CT molecular complexity index is 759. The van der Waals surface area contributed by atoms with Crippen LogP contribution in [-0.2, 0) is 9.53 Å². The van der Waals surface area contributed by atoms with Gasteiger partial charge in [-0.05, 0) is 32.4 Å². The summed E-state index contributed by atoms with van der Waals surface area (Å²) in [6.07, 6.45) is 0.616. The first-order valence-corrected chi connectivity index (χ1v) is 8.78. The van der Waals surface area contributed by atoms with Gasteiger partial charge >= 0.3 is 0 Å². The summed E-state index contributed by atoms with van der Waals surface area (Å²) in [5.74, 6) is 0.726. The normalized spacial score (nSPS) is 10.5. The van der Waals surface area contributed by atoms with Crippen molar-refractivity contribution in [2.45, 2.75) is 20.3 Å². The summed E-state index contributed by atoms with van der Waals surface area (Å²) in [7, 11) is 1.51. The van der Waals surface area contributed by atoms with E-state index in [1.54, 1.807) is 37.3 Å². The lowest BCUT2D eigenvalue weighted by molar-refractivity contribution is -0.117. The monoisotopic (exact) mass is 375 g/mol. The fraction of sp³-hybridized carbons (Fsp3) is 0.421. The van der Waals surface area contributed by atoms with E-state index in [4.69, 9.17) is 14.0 Å². The summed E-state index contributed by atoms with van der Waals surface area (Å²) >= 11 is 0. The molecular formula is C19H25N3O5. The molecule has 27 heavy (non-hydrogen) atoms. The lowest BCUT2D eigenvalue weighted by atomic mass is 10.1. The zero-order valence-corrected chi connectivity index (χ0v) is 15.9. The molecule has 0 atom stereocenters. The van der Waals surface area contributed by atoms with E-state index in [2.05, 4.69) is 10.5 Å². The number of anilines is 1. The van der Waals surface area contributed by atoms with Crippen molar-refractivity contribution in [1.82, 2.24) is 10.1 Å². The Balaban J connectivity index is 2.09. The molecule has 0 saturated heterocycles. The first-order chi connectivity index (χ1) is 13.0. The van der Waals surface area contributed by atoms with E-state index in [0.29, 0.717) is 49.1 Å². The number of aromatic nitrogens is 1. The van der Waals surface area contributed by atoms with Gasteiger partial charge in [-0.3, -0.25) is 9.59 Å². The minimum Gasteiger partial charge on any atom is -0.496 e. The van der Waals surface area contributed by atoms with Gasteiger partial charge in [-0.25, -0.2) is 0 Å². The maximum Gasteiger partial charge on any atom is 0.258 e. The molecule has 1 aromatic heterocycles. The number of methoxy groups -OCH3 is 1. The van der Waals surface area contributed by atoms with Gasteiger partial charge in [0.05, 0.1) is 12.7 Å². The van der Waals surface area contributed by atoms with Crippen LogP contribution in [0.3, 0.4) is 0 Å². The Morgan fingerprint density at radius 1 is 1.30 bits per heavy atom. The van der Waals surface area contributed by atoms with Gasteiger partial charge in [-0.15, -0.1) is 0 Å². The second-order valence-electron chi connectivity index (χ2n) is 5.85. The van der Waals surface area contributed by atoms with Gasteiger partial charge in [0.2, 0.25) is 5.91 Å². The lowest BCUT2D eigenvalue weighted by Gasteiger charge is -2.23. The number of ether oxygens (including phenoxy) is 2. The van der Waals surface area contributed by atoms with Crippen LogP contribution in [0.25, 0.3) is 0 Å². The molecule has 0 saturated carbocycles. The maximum atomic E-state index is 13.0. The highest BCUT2D eigenvalue weighted by Crippen LogP contribution is 2.19. The fourth-order valence-electron chi connectivity index (χ4n) is 2.53. The number of rotatable bonds is 10. The molecule has 2 rings (SSSR count). The minimum atomic E-state index is -0.358. The molecule has 0 bridgehead atoms. The SMILES string of the molecule is CCOCCCN(CC(=O)Nc1cc(C)on1)C(=O)c1ccccc1OC. The van der Waals surface area contributed by atoms with Crippen molar-refractivity contribution in [2.24, 2.45) is 0 Å². The molecule has 8 heteroatoms. The zero-order chi connectivity index (χ0) is 19.6. The highest BCUT2D eigenvalue weighted by Gasteiger charge is 2.22. The molecule has 0 spiro atoms. The standard InChI is InChI=1S/C19H25N3O5/c1-4-26-11-7-10-22(13-18(23)20-17-12-14(2)27-21-17)19(24)15-8-5-6-9-16(15)25-3/h5-6,8-9,12H,4,7,10-11,13H2,1-3H3,(H,20,21,23). The van der Waals surface area contributed by atoms with Crippen molar-refractivity contribution < 1.29 is 23.6 Å².